The van der Waals surface area contributed by atoms with E-state index in [1.807, 2.05) is 0 Å². The van der Waals surface area contributed by atoms with Gasteiger partial charge in [-0.25, -0.2) is 17.6 Å². The van der Waals surface area contributed by atoms with Crippen molar-refractivity contribution in [1.29, 1.82) is 0 Å². The third-order valence-corrected chi connectivity index (χ3v) is 3.16. The molecule has 0 amide bonds. The smallest absolute Gasteiger partial charge is 0.272 e. The Morgan fingerprint density at radius 2 is 1.72 bits per heavy atom. The molecule has 2 atom stereocenters. The van der Waals surface area contributed by atoms with Crippen LogP contribution in [0.15, 0.2) is 30.3 Å². The third-order valence-electron chi connectivity index (χ3n) is 2.22. The average molecular weight is 280 g/mol. The predicted molar refractivity (Wildman–Crippen MR) is 63.6 cm³/mol. The summed E-state index contributed by atoms with van der Waals surface area (Å²) in [6.45, 7) is 0. The molecule has 1 nitrogen and oxygen atoms in total. The number of halogens is 4. The summed E-state index contributed by atoms with van der Waals surface area (Å²) in [6, 6.07) is 8.30. The van der Waals surface area contributed by atoms with Gasteiger partial charge in [-0.2, -0.15) is 0 Å². The molecule has 100 valence electrons. The van der Waals surface area contributed by atoms with E-state index in [4.69, 9.17) is 0 Å². The van der Waals surface area contributed by atoms with Crippen molar-refractivity contribution in [3.8, 4) is 0 Å². The Morgan fingerprint density at radius 3 is 2.28 bits per heavy atom. The predicted octanol–water partition coefficient (Wildman–Crippen LogP) is 3.89. The van der Waals surface area contributed by atoms with E-state index in [0.29, 0.717) is 5.56 Å². The SMILES string of the molecule is O=C(SCCC(F)C(F)C(F)F)c1ccccc1. The van der Waals surface area contributed by atoms with E-state index in [2.05, 4.69) is 0 Å². The number of rotatable bonds is 6. The van der Waals surface area contributed by atoms with Gasteiger partial charge in [-0.05, 0) is 6.42 Å². The van der Waals surface area contributed by atoms with E-state index in [1.54, 1.807) is 30.3 Å². The number of hydrogen-bond acceptors (Lipinski definition) is 2. The summed E-state index contributed by atoms with van der Waals surface area (Å²) in [4.78, 5) is 11.5. The van der Waals surface area contributed by atoms with Crippen molar-refractivity contribution in [2.75, 3.05) is 5.75 Å². The molecule has 0 spiro atoms. The monoisotopic (exact) mass is 280 g/mol. The highest BCUT2D eigenvalue weighted by Crippen LogP contribution is 2.20. The molecule has 6 heteroatoms. The van der Waals surface area contributed by atoms with Gasteiger partial charge in [0.2, 0.25) is 5.12 Å². The summed E-state index contributed by atoms with van der Waals surface area (Å²) in [5, 5.41) is -0.282. The quantitative estimate of drug-likeness (QED) is 0.735. The van der Waals surface area contributed by atoms with Crippen LogP contribution in [0.5, 0.6) is 0 Å². The van der Waals surface area contributed by atoms with Crippen molar-refractivity contribution in [3.63, 3.8) is 0 Å². The fourth-order valence-electron chi connectivity index (χ4n) is 1.24. The normalized spacial score (nSPS) is 14.5. The van der Waals surface area contributed by atoms with Crippen molar-refractivity contribution in [2.45, 2.75) is 25.2 Å². The van der Waals surface area contributed by atoms with Crippen molar-refractivity contribution in [1.82, 2.24) is 0 Å². The maximum absolute atomic E-state index is 12.9. The molecule has 0 heterocycles. The fraction of sp³-hybridized carbons (Fsp3) is 0.417. The van der Waals surface area contributed by atoms with Crippen LogP contribution in [0.25, 0.3) is 0 Å². The van der Waals surface area contributed by atoms with E-state index in [-0.39, 0.29) is 10.9 Å². The molecule has 1 aromatic carbocycles. The standard InChI is InChI=1S/C12H12F4OS/c13-9(10(14)11(15)16)6-7-18-12(17)8-4-2-1-3-5-8/h1-5,9-11H,6-7H2. The van der Waals surface area contributed by atoms with Crippen LogP contribution < -0.4 is 0 Å². The Bertz CT molecular complexity index is 372. The van der Waals surface area contributed by atoms with Crippen LogP contribution in [0, 0.1) is 0 Å². The van der Waals surface area contributed by atoms with E-state index >= 15 is 0 Å². The summed E-state index contributed by atoms with van der Waals surface area (Å²) < 4.78 is 49.1. The Labute approximate surface area is 107 Å². The Morgan fingerprint density at radius 1 is 1.11 bits per heavy atom. The first-order valence-electron chi connectivity index (χ1n) is 5.31. The topological polar surface area (TPSA) is 17.1 Å². The van der Waals surface area contributed by atoms with Crippen LogP contribution in [0.4, 0.5) is 17.6 Å². The summed E-state index contributed by atoms with van der Waals surface area (Å²) in [5.74, 6) is -0.0258. The van der Waals surface area contributed by atoms with Gasteiger partial charge in [0.25, 0.3) is 6.43 Å². The van der Waals surface area contributed by atoms with Gasteiger partial charge in [-0.15, -0.1) is 0 Å². The second-order valence-electron chi connectivity index (χ2n) is 3.59. The van der Waals surface area contributed by atoms with Crippen LogP contribution in [0.3, 0.4) is 0 Å². The van der Waals surface area contributed by atoms with E-state index in [1.165, 1.54) is 0 Å². The second kappa shape index (κ2) is 7.41. The first-order chi connectivity index (χ1) is 8.52. The fourth-order valence-corrected chi connectivity index (χ4v) is 2.07. The zero-order chi connectivity index (χ0) is 13.5. The molecular weight excluding hydrogens is 268 g/mol. The minimum Gasteiger partial charge on any atom is -0.282 e. The average Bonchev–Trinajstić information content (AvgIpc) is 2.38. The number of thioether (sulfide) groups is 1. The van der Waals surface area contributed by atoms with Gasteiger partial charge in [0.1, 0.15) is 6.17 Å². The van der Waals surface area contributed by atoms with E-state index in [0.717, 1.165) is 11.8 Å². The Hall–Kier alpha value is -1.04. The summed E-state index contributed by atoms with van der Waals surface area (Å²) in [6.07, 6.45) is -8.75. The first kappa shape index (κ1) is 15.0. The maximum atomic E-state index is 12.9. The van der Waals surface area contributed by atoms with Crippen molar-refractivity contribution in [2.24, 2.45) is 0 Å². The summed E-state index contributed by atoms with van der Waals surface area (Å²) in [7, 11) is 0. The zero-order valence-electron chi connectivity index (χ0n) is 9.36. The van der Waals surface area contributed by atoms with E-state index < -0.39 is 25.2 Å². The van der Waals surface area contributed by atoms with Gasteiger partial charge in [0.15, 0.2) is 6.17 Å². The number of hydrogen-bond donors (Lipinski definition) is 0. The molecule has 0 saturated carbocycles. The first-order valence-corrected chi connectivity index (χ1v) is 6.29. The van der Waals surface area contributed by atoms with Gasteiger partial charge in [-0.3, -0.25) is 4.79 Å². The number of alkyl halides is 4. The molecule has 0 radical (unpaired) electrons. The van der Waals surface area contributed by atoms with Crippen LogP contribution in [-0.4, -0.2) is 29.6 Å². The molecule has 0 aliphatic heterocycles. The van der Waals surface area contributed by atoms with Crippen LogP contribution in [-0.2, 0) is 0 Å². The Balaban J connectivity index is 2.32. The van der Waals surface area contributed by atoms with Gasteiger partial charge in [0, 0.05) is 11.3 Å². The molecule has 0 saturated heterocycles. The minimum atomic E-state index is -3.32. The molecule has 18 heavy (non-hydrogen) atoms. The molecule has 1 rings (SSSR count). The summed E-state index contributed by atoms with van der Waals surface area (Å²) in [5.41, 5.74) is 0.448. The minimum absolute atomic E-state index is 0.0258. The van der Waals surface area contributed by atoms with Crippen molar-refractivity contribution in [3.05, 3.63) is 35.9 Å². The molecule has 0 aliphatic carbocycles. The highest BCUT2D eigenvalue weighted by molar-refractivity contribution is 8.14. The zero-order valence-corrected chi connectivity index (χ0v) is 10.2. The van der Waals surface area contributed by atoms with Crippen molar-refractivity contribution < 1.29 is 22.4 Å². The number of carbonyl (C=O) groups excluding carboxylic acids is 1. The highest BCUT2D eigenvalue weighted by atomic mass is 32.2. The molecule has 2 unspecified atom stereocenters. The van der Waals surface area contributed by atoms with Crippen LogP contribution >= 0.6 is 11.8 Å². The lowest BCUT2D eigenvalue weighted by molar-refractivity contribution is 0.00299. The molecule has 0 bridgehead atoms. The Kier molecular flexibility index (Phi) is 6.18. The lowest BCUT2D eigenvalue weighted by Gasteiger charge is -2.11. The third kappa shape index (κ3) is 4.68. The van der Waals surface area contributed by atoms with Gasteiger partial charge in [-0.1, -0.05) is 42.1 Å². The summed E-state index contributed by atoms with van der Waals surface area (Å²) >= 11 is 0.796. The molecule has 0 aliphatic rings. The van der Waals surface area contributed by atoms with Gasteiger partial charge in [0.05, 0.1) is 0 Å². The maximum Gasteiger partial charge on any atom is 0.272 e. The van der Waals surface area contributed by atoms with Crippen LogP contribution in [0.1, 0.15) is 16.8 Å². The van der Waals surface area contributed by atoms with Gasteiger partial charge >= 0.3 is 0 Å². The number of benzene rings is 1. The molecule has 0 N–H and O–H groups in total. The second-order valence-corrected chi connectivity index (χ2v) is 4.65. The lowest BCUT2D eigenvalue weighted by Crippen LogP contribution is -2.25. The van der Waals surface area contributed by atoms with E-state index in [9.17, 15) is 22.4 Å². The largest absolute Gasteiger partial charge is 0.282 e. The molecule has 0 aromatic heterocycles. The number of carbonyl (C=O) groups is 1. The van der Waals surface area contributed by atoms with Crippen molar-refractivity contribution >= 4 is 16.9 Å². The van der Waals surface area contributed by atoms with Crippen LogP contribution in [0.2, 0.25) is 0 Å². The lowest BCUT2D eigenvalue weighted by atomic mass is 10.2. The van der Waals surface area contributed by atoms with Gasteiger partial charge < -0.3 is 0 Å². The highest BCUT2D eigenvalue weighted by Gasteiger charge is 2.29. The molecule has 1 aromatic rings. The molecule has 0 fully saturated rings. The molecular formula is C12H12F4OS.